The smallest absolute Gasteiger partial charge is 0.311 e. The molecule has 0 aliphatic carbocycles. The lowest BCUT2D eigenvalue weighted by Crippen LogP contribution is -2.29. The van der Waals surface area contributed by atoms with Crippen LogP contribution in [0.5, 0.6) is 11.5 Å². The third-order valence-corrected chi connectivity index (χ3v) is 5.54. The number of aliphatic hydroxyl groups is 1. The van der Waals surface area contributed by atoms with Crippen LogP contribution in [-0.4, -0.2) is 32.9 Å². The van der Waals surface area contributed by atoms with E-state index in [9.17, 15) is 34.3 Å². The fourth-order valence-corrected chi connectivity index (χ4v) is 4.02. The molecule has 0 saturated carbocycles. The molecular weight excluding hydrogens is 471 g/mol. The molecule has 184 valence electrons. The third-order valence-electron chi connectivity index (χ3n) is 5.54. The summed E-state index contributed by atoms with van der Waals surface area (Å²) in [4.78, 5) is 37.9. The maximum Gasteiger partial charge on any atom is 0.311 e. The summed E-state index contributed by atoms with van der Waals surface area (Å²) in [6, 6.07) is 13.1. The van der Waals surface area contributed by atoms with E-state index in [1.807, 2.05) is 13.8 Å². The van der Waals surface area contributed by atoms with Crippen molar-refractivity contribution in [2.24, 2.45) is 0 Å². The molecule has 1 aliphatic rings. The molecule has 10 heteroatoms. The lowest BCUT2D eigenvalue weighted by atomic mass is 9.94. The number of amides is 1. The van der Waals surface area contributed by atoms with Crippen molar-refractivity contribution in [2.75, 3.05) is 4.90 Å². The molecule has 0 bridgehead atoms. The first-order chi connectivity index (χ1) is 17.1. The van der Waals surface area contributed by atoms with Crippen molar-refractivity contribution in [3.8, 4) is 11.5 Å². The van der Waals surface area contributed by atoms with E-state index in [4.69, 9.17) is 4.74 Å². The van der Waals surface area contributed by atoms with Crippen LogP contribution in [0.25, 0.3) is 5.76 Å². The number of hydrogen-bond acceptors (Lipinski definition) is 7. The van der Waals surface area contributed by atoms with Crippen LogP contribution >= 0.6 is 0 Å². The van der Waals surface area contributed by atoms with E-state index >= 15 is 0 Å². The molecule has 1 atom stereocenters. The number of ether oxygens (including phenoxy) is 1. The Morgan fingerprint density at radius 1 is 1.08 bits per heavy atom. The molecule has 1 unspecified atom stereocenters. The van der Waals surface area contributed by atoms with Gasteiger partial charge in [0, 0.05) is 17.3 Å². The number of anilines is 1. The molecule has 36 heavy (non-hydrogen) atoms. The maximum atomic E-state index is 14.0. The van der Waals surface area contributed by atoms with Gasteiger partial charge in [-0.05, 0) is 67.9 Å². The summed E-state index contributed by atoms with van der Waals surface area (Å²) in [6.45, 7) is 3.69. The predicted molar refractivity (Wildman–Crippen MR) is 128 cm³/mol. The fraction of sp³-hybridized carbons (Fsp3) is 0.154. The van der Waals surface area contributed by atoms with E-state index < -0.39 is 45.7 Å². The van der Waals surface area contributed by atoms with Crippen molar-refractivity contribution in [2.45, 2.75) is 26.0 Å². The summed E-state index contributed by atoms with van der Waals surface area (Å²) in [5.41, 5.74) is -0.738. The van der Waals surface area contributed by atoms with E-state index in [-0.39, 0.29) is 28.5 Å². The third kappa shape index (κ3) is 4.48. The van der Waals surface area contributed by atoms with Crippen LogP contribution in [-0.2, 0) is 9.59 Å². The van der Waals surface area contributed by atoms with Crippen molar-refractivity contribution in [3.63, 3.8) is 0 Å². The van der Waals surface area contributed by atoms with Crippen LogP contribution in [0.4, 0.5) is 15.8 Å². The predicted octanol–water partition coefficient (Wildman–Crippen LogP) is 4.85. The average molecular weight is 492 g/mol. The highest BCUT2D eigenvalue weighted by Gasteiger charge is 2.47. The number of nitro groups is 1. The van der Waals surface area contributed by atoms with Crippen molar-refractivity contribution >= 4 is 28.8 Å². The zero-order chi connectivity index (χ0) is 26.1. The Labute approximate surface area is 204 Å². The van der Waals surface area contributed by atoms with E-state index in [1.54, 1.807) is 12.1 Å². The fourth-order valence-electron chi connectivity index (χ4n) is 4.02. The normalized spacial score (nSPS) is 17.0. The number of Topliss-reactive ketones (excluding diaryl/α,β-unsaturated/α-hetero) is 1. The molecule has 2 N–H and O–H groups in total. The van der Waals surface area contributed by atoms with Crippen LogP contribution in [0.15, 0.2) is 72.3 Å². The lowest BCUT2D eigenvalue weighted by molar-refractivity contribution is -0.385. The minimum Gasteiger partial charge on any atom is -0.507 e. The van der Waals surface area contributed by atoms with Crippen LogP contribution in [0, 0.1) is 15.9 Å². The highest BCUT2D eigenvalue weighted by molar-refractivity contribution is 6.51. The number of nitrogens with zero attached hydrogens (tertiary/aromatic N) is 2. The second kappa shape index (κ2) is 9.49. The molecule has 3 aromatic carbocycles. The number of aliphatic hydroxyl groups excluding tert-OH is 1. The Morgan fingerprint density at radius 2 is 1.78 bits per heavy atom. The second-order valence-corrected chi connectivity index (χ2v) is 8.35. The van der Waals surface area contributed by atoms with Gasteiger partial charge in [-0.1, -0.05) is 12.1 Å². The molecule has 1 aliphatic heterocycles. The van der Waals surface area contributed by atoms with Gasteiger partial charge in [0.25, 0.3) is 11.7 Å². The monoisotopic (exact) mass is 492 g/mol. The first kappa shape index (κ1) is 24.4. The lowest BCUT2D eigenvalue weighted by Gasteiger charge is -2.25. The number of carbonyl (C=O) groups is 2. The first-order valence-electron chi connectivity index (χ1n) is 10.9. The number of phenols is 1. The van der Waals surface area contributed by atoms with Gasteiger partial charge >= 0.3 is 5.69 Å². The van der Waals surface area contributed by atoms with Crippen molar-refractivity contribution in [1.29, 1.82) is 0 Å². The highest BCUT2D eigenvalue weighted by atomic mass is 19.1. The first-order valence-corrected chi connectivity index (χ1v) is 10.9. The van der Waals surface area contributed by atoms with Gasteiger partial charge in [0.05, 0.1) is 22.6 Å². The Hall–Kier alpha value is -4.73. The molecule has 4 rings (SSSR count). The van der Waals surface area contributed by atoms with Gasteiger partial charge in [-0.3, -0.25) is 24.6 Å². The molecular formula is C26H21FN2O7. The average Bonchev–Trinajstić information content (AvgIpc) is 3.09. The van der Waals surface area contributed by atoms with Gasteiger partial charge in [-0.15, -0.1) is 0 Å². The zero-order valence-corrected chi connectivity index (χ0v) is 19.2. The molecule has 1 heterocycles. The second-order valence-electron chi connectivity index (χ2n) is 8.35. The van der Waals surface area contributed by atoms with Crippen LogP contribution in [0.3, 0.4) is 0 Å². The minimum absolute atomic E-state index is 0.0116. The summed E-state index contributed by atoms with van der Waals surface area (Å²) < 4.78 is 19.6. The molecule has 0 spiro atoms. The Morgan fingerprint density at radius 3 is 2.39 bits per heavy atom. The van der Waals surface area contributed by atoms with Gasteiger partial charge in [0.1, 0.15) is 17.3 Å². The van der Waals surface area contributed by atoms with Gasteiger partial charge < -0.3 is 14.9 Å². The zero-order valence-electron chi connectivity index (χ0n) is 19.2. The number of carbonyl (C=O) groups excluding carboxylic acids is 2. The van der Waals surface area contributed by atoms with Crippen LogP contribution in [0.2, 0.25) is 0 Å². The Balaban J connectivity index is 1.92. The van der Waals surface area contributed by atoms with Gasteiger partial charge in [0.2, 0.25) is 0 Å². The van der Waals surface area contributed by atoms with Gasteiger partial charge in [-0.2, -0.15) is 0 Å². The minimum atomic E-state index is -1.34. The number of benzene rings is 3. The van der Waals surface area contributed by atoms with E-state index in [0.717, 1.165) is 29.2 Å². The standard InChI is InChI=1S/C26H21FN2O7/c1-14(2)36-19-9-6-15(7-10-19)24(31)22-23(16-8-11-21(30)20(12-16)29(34)35)28(26(33)25(22)32)18-5-3-4-17(27)13-18/h3-14,23,30-31H,1-2H3/b24-22-. The number of halogens is 1. The van der Waals surface area contributed by atoms with Crippen molar-refractivity contribution in [3.05, 3.63) is 99.4 Å². The van der Waals surface area contributed by atoms with E-state index in [1.165, 1.54) is 30.3 Å². The van der Waals surface area contributed by atoms with Crippen LogP contribution in [0.1, 0.15) is 31.0 Å². The maximum absolute atomic E-state index is 14.0. The number of phenolic OH excluding ortho intramolecular Hbond substituents is 1. The van der Waals surface area contributed by atoms with Gasteiger partial charge in [0.15, 0.2) is 5.75 Å². The highest BCUT2D eigenvalue weighted by Crippen LogP contribution is 2.44. The van der Waals surface area contributed by atoms with Crippen molar-refractivity contribution in [1.82, 2.24) is 0 Å². The van der Waals surface area contributed by atoms with Crippen LogP contribution < -0.4 is 9.64 Å². The topological polar surface area (TPSA) is 130 Å². The number of rotatable bonds is 6. The summed E-state index contributed by atoms with van der Waals surface area (Å²) in [5.74, 6) is -3.41. The number of hydrogen-bond donors (Lipinski definition) is 2. The number of nitro benzene ring substituents is 1. The summed E-state index contributed by atoms with van der Waals surface area (Å²) >= 11 is 0. The Kier molecular flexibility index (Phi) is 6.43. The SMILES string of the molecule is CC(C)Oc1ccc(/C(O)=C2/C(=O)C(=O)N(c3cccc(F)c3)C2c2ccc(O)c([N+](=O)[O-])c2)cc1. The number of aromatic hydroxyl groups is 1. The van der Waals surface area contributed by atoms with Gasteiger partial charge in [-0.25, -0.2) is 4.39 Å². The molecule has 0 aromatic heterocycles. The number of ketones is 1. The quantitative estimate of drug-likeness (QED) is 0.165. The molecule has 0 radical (unpaired) electrons. The molecule has 1 fully saturated rings. The summed E-state index contributed by atoms with van der Waals surface area (Å²) in [6.07, 6.45) is -0.0914. The van der Waals surface area contributed by atoms with E-state index in [0.29, 0.717) is 5.75 Å². The molecule has 3 aromatic rings. The molecule has 1 amide bonds. The summed E-state index contributed by atoms with van der Waals surface area (Å²) in [7, 11) is 0. The largest absolute Gasteiger partial charge is 0.507 e. The van der Waals surface area contributed by atoms with E-state index in [2.05, 4.69) is 0 Å². The molecule has 1 saturated heterocycles. The Bertz CT molecular complexity index is 1400. The molecule has 9 nitrogen and oxygen atoms in total. The summed E-state index contributed by atoms with van der Waals surface area (Å²) in [5, 5.41) is 32.5. The van der Waals surface area contributed by atoms with Crippen molar-refractivity contribution < 1.29 is 33.9 Å².